The molecule has 4 rings (SSSR count). The quantitative estimate of drug-likeness (QED) is 0.873. The zero-order chi connectivity index (χ0) is 18.1. The Morgan fingerprint density at radius 3 is 2.69 bits per heavy atom. The van der Waals surface area contributed by atoms with E-state index in [1.54, 1.807) is 11.0 Å². The smallest absolute Gasteiger partial charge is 0.242 e. The van der Waals surface area contributed by atoms with Gasteiger partial charge >= 0.3 is 0 Å². The first-order valence-corrected chi connectivity index (χ1v) is 9.80. The molecule has 136 valence electrons. The number of amides is 1. The molecule has 0 fully saturated rings. The van der Waals surface area contributed by atoms with Crippen molar-refractivity contribution in [1.29, 1.82) is 0 Å². The van der Waals surface area contributed by atoms with Gasteiger partial charge in [-0.2, -0.15) is 0 Å². The summed E-state index contributed by atoms with van der Waals surface area (Å²) in [6, 6.07) is 12.0. The van der Waals surface area contributed by atoms with Crippen molar-refractivity contribution in [2.24, 2.45) is 0 Å². The van der Waals surface area contributed by atoms with E-state index in [1.165, 1.54) is 12.1 Å². The number of nitrogens with zero attached hydrogens (tertiary/aromatic N) is 1. The van der Waals surface area contributed by atoms with Crippen molar-refractivity contribution in [3.05, 3.63) is 48.0 Å². The SMILES string of the molecule is O=C(CNS(=O)(=O)c1ccc2c(c1)OCCO2)N1CCc2ccccc21. The van der Waals surface area contributed by atoms with Gasteiger partial charge in [0, 0.05) is 18.3 Å². The predicted octanol–water partition coefficient (Wildman–Crippen LogP) is 1.33. The molecule has 0 unspecified atom stereocenters. The van der Waals surface area contributed by atoms with Gasteiger partial charge in [-0.25, -0.2) is 13.1 Å². The minimum atomic E-state index is -3.83. The van der Waals surface area contributed by atoms with E-state index in [9.17, 15) is 13.2 Å². The second kappa shape index (κ2) is 6.62. The predicted molar refractivity (Wildman–Crippen MR) is 95.1 cm³/mol. The normalized spacial score (nSPS) is 15.6. The first kappa shape index (κ1) is 16.9. The molecule has 0 saturated heterocycles. The average molecular weight is 374 g/mol. The van der Waals surface area contributed by atoms with E-state index in [4.69, 9.17) is 9.47 Å². The van der Waals surface area contributed by atoms with Crippen LogP contribution in [0.2, 0.25) is 0 Å². The number of benzene rings is 2. The summed E-state index contributed by atoms with van der Waals surface area (Å²) < 4.78 is 38.2. The minimum absolute atomic E-state index is 0.0383. The van der Waals surface area contributed by atoms with Gasteiger partial charge in [-0.15, -0.1) is 0 Å². The number of carbonyl (C=O) groups is 1. The van der Waals surface area contributed by atoms with Crippen LogP contribution in [0.5, 0.6) is 11.5 Å². The molecule has 8 heteroatoms. The van der Waals surface area contributed by atoms with E-state index < -0.39 is 10.0 Å². The molecule has 7 nitrogen and oxygen atoms in total. The molecule has 0 aromatic heterocycles. The van der Waals surface area contributed by atoms with E-state index >= 15 is 0 Å². The van der Waals surface area contributed by atoms with Crippen molar-refractivity contribution < 1.29 is 22.7 Å². The number of anilines is 1. The number of rotatable bonds is 4. The van der Waals surface area contributed by atoms with Gasteiger partial charge in [0.15, 0.2) is 11.5 Å². The standard InChI is InChI=1S/C18H18N2O5S/c21-18(20-8-7-13-3-1-2-4-15(13)20)12-19-26(22,23)14-5-6-16-17(11-14)25-10-9-24-16/h1-6,11,19H,7-10,12H2. The maximum Gasteiger partial charge on any atom is 0.242 e. The maximum absolute atomic E-state index is 12.5. The molecule has 2 heterocycles. The van der Waals surface area contributed by atoms with Gasteiger partial charge in [-0.05, 0) is 30.2 Å². The first-order chi connectivity index (χ1) is 12.5. The summed E-state index contributed by atoms with van der Waals surface area (Å²) in [5.74, 6) is 0.620. The number of sulfonamides is 1. The number of fused-ring (bicyclic) bond motifs is 2. The minimum Gasteiger partial charge on any atom is -0.486 e. The highest BCUT2D eigenvalue weighted by molar-refractivity contribution is 7.89. The van der Waals surface area contributed by atoms with E-state index in [0.29, 0.717) is 31.3 Å². The largest absolute Gasteiger partial charge is 0.486 e. The molecule has 0 spiro atoms. The highest BCUT2D eigenvalue weighted by atomic mass is 32.2. The summed E-state index contributed by atoms with van der Waals surface area (Å²) in [6.45, 7) is 1.06. The summed E-state index contributed by atoms with van der Waals surface area (Å²) in [6.07, 6.45) is 0.775. The molecule has 2 aromatic carbocycles. The van der Waals surface area contributed by atoms with Crippen LogP contribution in [0.25, 0.3) is 0 Å². The van der Waals surface area contributed by atoms with Crippen LogP contribution in [-0.2, 0) is 21.2 Å². The number of carbonyl (C=O) groups excluding carboxylic acids is 1. The third-order valence-electron chi connectivity index (χ3n) is 4.43. The van der Waals surface area contributed by atoms with Crippen LogP contribution in [0, 0.1) is 0 Å². The van der Waals surface area contributed by atoms with E-state index in [-0.39, 0.29) is 17.3 Å². The second-order valence-corrected chi connectivity index (χ2v) is 7.82. The molecule has 0 atom stereocenters. The Bertz CT molecular complexity index is 958. The van der Waals surface area contributed by atoms with Gasteiger partial charge < -0.3 is 14.4 Å². The number of nitrogens with one attached hydrogen (secondary N) is 1. The Morgan fingerprint density at radius 1 is 1.08 bits per heavy atom. The fraction of sp³-hybridized carbons (Fsp3) is 0.278. The lowest BCUT2D eigenvalue weighted by atomic mass is 10.2. The topological polar surface area (TPSA) is 84.9 Å². The Labute approximate surface area is 151 Å². The third-order valence-corrected chi connectivity index (χ3v) is 5.82. The summed E-state index contributed by atoms with van der Waals surface area (Å²) in [4.78, 5) is 14.1. The molecule has 1 amide bonds. The molecular weight excluding hydrogens is 356 g/mol. The van der Waals surface area contributed by atoms with Crippen molar-refractivity contribution in [1.82, 2.24) is 4.72 Å². The van der Waals surface area contributed by atoms with Gasteiger partial charge in [0.05, 0.1) is 11.4 Å². The first-order valence-electron chi connectivity index (χ1n) is 8.32. The fourth-order valence-corrected chi connectivity index (χ4v) is 4.11. The van der Waals surface area contributed by atoms with Gasteiger partial charge in [-0.1, -0.05) is 18.2 Å². The number of para-hydroxylation sites is 1. The molecule has 2 aliphatic heterocycles. The van der Waals surface area contributed by atoms with Crippen LogP contribution in [0.1, 0.15) is 5.56 Å². The highest BCUT2D eigenvalue weighted by Gasteiger charge is 2.26. The number of hydrogen-bond acceptors (Lipinski definition) is 5. The van der Waals surface area contributed by atoms with Crippen molar-refractivity contribution in [3.63, 3.8) is 0 Å². The van der Waals surface area contributed by atoms with E-state index in [2.05, 4.69) is 4.72 Å². The zero-order valence-electron chi connectivity index (χ0n) is 14.0. The summed E-state index contributed by atoms with van der Waals surface area (Å²) in [7, 11) is -3.83. The van der Waals surface area contributed by atoms with Crippen molar-refractivity contribution in [3.8, 4) is 11.5 Å². The summed E-state index contributed by atoms with van der Waals surface area (Å²) >= 11 is 0. The molecule has 26 heavy (non-hydrogen) atoms. The van der Waals surface area contributed by atoms with Crippen LogP contribution >= 0.6 is 0 Å². The van der Waals surface area contributed by atoms with Crippen LogP contribution < -0.4 is 19.1 Å². The molecule has 0 radical (unpaired) electrons. The third kappa shape index (κ3) is 3.13. The lowest BCUT2D eigenvalue weighted by Crippen LogP contribution is -2.39. The van der Waals surface area contributed by atoms with Gasteiger partial charge in [0.25, 0.3) is 0 Å². The zero-order valence-corrected chi connectivity index (χ0v) is 14.8. The molecule has 0 bridgehead atoms. The Hall–Kier alpha value is -2.58. The fourth-order valence-electron chi connectivity index (χ4n) is 3.12. The Morgan fingerprint density at radius 2 is 1.85 bits per heavy atom. The summed E-state index contributed by atoms with van der Waals surface area (Å²) in [5, 5.41) is 0. The summed E-state index contributed by atoms with van der Waals surface area (Å²) in [5.41, 5.74) is 1.94. The Kier molecular flexibility index (Phi) is 4.29. The van der Waals surface area contributed by atoms with Gasteiger partial charge in [0.2, 0.25) is 15.9 Å². The maximum atomic E-state index is 12.5. The molecule has 1 N–H and O–H groups in total. The van der Waals surface area contributed by atoms with Crippen LogP contribution in [0.3, 0.4) is 0 Å². The molecule has 2 aromatic rings. The number of ether oxygens (including phenoxy) is 2. The van der Waals surface area contributed by atoms with Crippen molar-refractivity contribution in [2.75, 3.05) is 31.2 Å². The van der Waals surface area contributed by atoms with E-state index in [0.717, 1.165) is 17.7 Å². The van der Waals surface area contributed by atoms with Crippen LogP contribution in [-0.4, -0.2) is 40.6 Å². The molecule has 0 saturated carbocycles. The monoisotopic (exact) mass is 374 g/mol. The van der Waals surface area contributed by atoms with Crippen LogP contribution in [0.4, 0.5) is 5.69 Å². The highest BCUT2D eigenvalue weighted by Crippen LogP contribution is 2.32. The molecule has 0 aliphatic carbocycles. The number of hydrogen-bond donors (Lipinski definition) is 1. The van der Waals surface area contributed by atoms with E-state index in [1.807, 2.05) is 24.3 Å². The van der Waals surface area contributed by atoms with Gasteiger partial charge in [0.1, 0.15) is 13.2 Å². The second-order valence-electron chi connectivity index (χ2n) is 6.05. The lowest BCUT2D eigenvalue weighted by Gasteiger charge is -2.19. The van der Waals surface area contributed by atoms with Crippen LogP contribution in [0.15, 0.2) is 47.4 Å². The average Bonchev–Trinajstić information content (AvgIpc) is 3.10. The molecular formula is C18H18N2O5S. The molecule has 2 aliphatic rings. The lowest BCUT2D eigenvalue weighted by molar-refractivity contribution is -0.117. The van der Waals surface area contributed by atoms with Crippen molar-refractivity contribution in [2.45, 2.75) is 11.3 Å². The van der Waals surface area contributed by atoms with Gasteiger partial charge in [-0.3, -0.25) is 4.79 Å². The van der Waals surface area contributed by atoms with Crippen molar-refractivity contribution >= 4 is 21.6 Å². The Balaban J connectivity index is 1.46.